The maximum atomic E-state index is 10.5. The minimum Gasteiger partial charge on any atom is -0.387 e. The van der Waals surface area contributed by atoms with Crippen molar-refractivity contribution < 1.29 is 9.90 Å². The molecule has 0 aliphatic carbocycles. The van der Waals surface area contributed by atoms with Gasteiger partial charge in [-0.1, -0.05) is 0 Å². The quantitative estimate of drug-likeness (QED) is 0.640. The normalized spacial score (nSPS) is 9.30. The summed E-state index contributed by atoms with van der Waals surface area (Å²) in [4.78, 5) is 14.3. The SMILES string of the molecule is O=C(CO)Nc1nccs1. The number of thiazole rings is 1. The first-order chi connectivity index (χ1) is 4.83. The lowest BCUT2D eigenvalue weighted by Gasteiger charge is -1.94. The van der Waals surface area contributed by atoms with Crippen LogP contribution in [0.2, 0.25) is 0 Å². The molecule has 0 unspecified atom stereocenters. The Hall–Kier alpha value is -0.940. The van der Waals surface area contributed by atoms with Gasteiger partial charge >= 0.3 is 0 Å². The van der Waals surface area contributed by atoms with Crippen LogP contribution in [0.15, 0.2) is 11.6 Å². The van der Waals surface area contributed by atoms with Crippen LogP contribution in [0.3, 0.4) is 0 Å². The van der Waals surface area contributed by atoms with Crippen molar-refractivity contribution in [2.24, 2.45) is 0 Å². The molecule has 54 valence electrons. The maximum absolute atomic E-state index is 10.5. The van der Waals surface area contributed by atoms with Gasteiger partial charge in [-0.2, -0.15) is 0 Å². The van der Waals surface area contributed by atoms with Crippen LogP contribution in [-0.2, 0) is 4.79 Å². The molecule has 0 bridgehead atoms. The van der Waals surface area contributed by atoms with E-state index < -0.39 is 12.5 Å². The fourth-order valence-electron chi connectivity index (χ4n) is 0.444. The molecule has 5 heteroatoms. The third-order valence-corrected chi connectivity index (χ3v) is 1.51. The van der Waals surface area contributed by atoms with E-state index in [0.29, 0.717) is 5.13 Å². The van der Waals surface area contributed by atoms with Gasteiger partial charge in [-0.3, -0.25) is 10.1 Å². The molecule has 0 atom stereocenters. The Labute approximate surface area is 61.5 Å². The lowest BCUT2D eigenvalue weighted by Crippen LogP contribution is -2.14. The zero-order valence-corrected chi connectivity index (χ0v) is 5.89. The van der Waals surface area contributed by atoms with Crippen molar-refractivity contribution in [3.05, 3.63) is 11.6 Å². The predicted molar refractivity (Wildman–Crippen MR) is 37.8 cm³/mol. The molecule has 0 aliphatic heterocycles. The zero-order valence-electron chi connectivity index (χ0n) is 5.07. The number of nitrogens with one attached hydrogen (secondary N) is 1. The van der Waals surface area contributed by atoms with Crippen molar-refractivity contribution in [3.63, 3.8) is 0 Å². The zero-order chi connectivity index (χ0) is 7.40. The van der Waals surface area contributed by atoms with Crippen LogP contribution >= 0.6 is 11.3 Å². The van der Waals surface area contributed by atoms with Crippen molar-refractivity contribution in [3.8, 4) is 0 Å². The van der Waals surface area contributed by atoms with Gasteiger partial charge in [0.2, 0.25) is 0 Å². The number of aliphatic hydroxyl groups is 1. The van der Waals surface area contributed by atoms with E-state index in [1.165, 1.54) is 11.3 Å². The predicted octanol–water partition coefficient (Wildman–Crippen LogP) is 0.0739. The first-order valence-electron chi connectivity index (χ1n) is 2.63. The fraction of sp³-hybridized carbons (Fsp3) is 0.200. The molecule has 1 aromatic rings. The van der Waals surface area contributed by atoms with E-state index in [4.69, 9.17) is 5.11 Å². The number of amides is 1. The Balaban J connectivity index is 2.48. The average molecular weight is 158 g/mol. The summed E-state index contributed by atoms with van der Waals surface area (Å²) in [5, 5.41) is 12.9. The van der Waals surface area contributed by atoms with Crippen molar-refractivity contribution in [1.29, 1.82) is 0 Å². The number of carbonyl (C=O) groups excluding carboxylic acids is 1. The van der Waals surface area contributed by atoms with Gasteiger partial charge in [-0.15, -0.1) is 11.3 Å². The molecule has 0 saturated heterocycles. The average Bonchev–Trinajstić information content (AvgIpc) is 2.40. The third kappa shape index (κ3) is 1.78. The van der Waals surface area contributed by atoms with Crippen LogP contribution in [0.5, 0.6) is 0 Å². The Kier molecular flexibility index (Phi) is 2.35. The number of hydrogen-bond acceptors (Lipinski definition) is 4. The molecule has 1 aromatic heterocycles. The smallest absolute Gasteiger partial charge is 0.251 e. The Bertz CT molecular complexity index is 209. The van der Waals surface area contributed by atoms with E-state index in [9.17, 15) is 4.79 Å². The molecular formula is C5H6N2O2S. The van der Waals surface area contributed by atoms with Gasteiger partial charge < -0.3 is 5.11 Å². The van der Waals surface area contributed by atoms with E-state index in [0.717, 1.165) is 0 Å². The van der Waals surface area contributed by atoms with Crippen molar-refractivity contribution in [2.45, 2.75) is 0 Å². The fourth-order valence-corrected chi connectivity index (χ4v) is 0.989. The summed E-state index contributed by atoms with van der Waals surface area (Å²) in [6.45, 7) is -0.500. The maximum Gasteiger partial charge on any atom is 0.251 e. The minimum absolute atomic E-state index is 0.435. The molecule has 1 amide bonds. The van der Waals surface area contributed by atoms with Gasteiger partial charge in [0, 0.05) is 11.6 Å². The number of hydrogen-bond donors (Lipinski definition) is 2. The number of aromatic nitrogens is 1. The molecule has 0 fully saturated rings. The van der Waals surface area contributed by atoms with Gasteiger partial charge in [-0.25, -0.2) is 4.98 Å². The van der Waals surface area contributed by atoms with Gasteiger partial charge in [0.15, 0.2) is 5.13 Å². The monoisotopic (exact) mass is 158 g/mol. The third-order valence-electron chi connectivity index (χ3n) is 0.822. The molecule has 0 aromatic carbocycles. The minimum atomic E-state index is -0.500. The van der Waals surface area contributed by atoms with E-state index in [2.05, 4.69) is 10.3 Å². The number of carbonyl (C=O) groups is 1. The molecule has 0 radical (unpaired) electrons. The molecule has 0 aliphatic rings. The Morgan fingerprint density at radius 3 is 3.20 bits per heavy atom. The lowest BCUT2D eigenvalue weighted by molar-refractivity contribution is -0.118. The highest BCUT2D eigenvalue weighted by molar-refractivity contribution is 7.13. The van der Waals surface area contributed by atoms with E-state index in [1.54, 1.807) is 11.6 Å². The first kappa shape index (κ1) is 7.17. The largest absolute Gasteiger partial charge is 0.387 e. The molecular weight excluding hydrogens is 152 g/mol. The molecule has 0 spiro atoms. The summed E-state index contributed by atoms with van der Waals surface area (Å²) in [5.74, 6) is -0.435. The van der Waals surface area contributed by atoms with E-state index in [-0.39, 0.29) is 0 Å². The summed E-state index contributed by atoms with van der Waals surface area (Å²) in [7, 11) is 0. The van der Waals surface area contributed by atoms with Gasteiger partial charge in [0.1, 0.15) is 6.61 Å². The molecule has 1 heterocycles. The molecule has 1 rings (SSSR count). The lowest BCUT2D eigenvalue weighted by atomic mass is 10.7. The Morgan fingerprint density at radius 2 is 2.70 bits per heavy atom. The molecule has 4 nitrogen and oxygen atoms in total. The van der Waals surface area contributed by atoms with Gasteiger partial charge in [-0.05, 0) is 0 Å². The van der Waals surface area contributed by atoms with Crippen LogP contribution in [0.4, 0.5) is 5.13 Å². The molecule has 10 heavy (non-hydrogen) atoms. The summed E-state index contributed by atoms with van der Waals surface area (Å²) < 4.78 is 0. The van der Waals surface area contributed by atoms with Crippen LogP contribution in [0.25, 0.3) is 0 Å². The summed E-state index contributed by atoms with van der Waals surface area (Å²) in [6.07, 6.45) is 1.58. The van der Waals surface area contributed by atoms with Crippen LogP contribution < -0.4 is 5.32 Å². The highest BCUT2D eigenvalue weighted by atomic mass is 32.1. The highest BCUT2D eigenvalue weighted by Crippen LogP contribution is 2.09. The first-order valence-corrected chi connectivity index (χ1v) is 3.51. The van der Waals surface area contributed by atoms with Gasteiger partial charge in [0.25, 0.3) is 5.91 Å². The number of nitrogens with zero attached hydrogens (tertiary/aromatic N) is 1. The van der Waals surface area contributed by atoms with Crippen molar-refractivity contribution >= 4 is 22.4 Å². The van der Waals surface area contributed by atoms with Crippen LogP contribution in [0.1, 0.15) is 0 Å². The van der Waals surface area contributed by atoms with Crippen molar-refractivity contribution in [2.75, 3.05) is 11.9 Å². The standard InChI is InChI=1S/C5H6N2O2S/c8-3-4(9)7-5-6-1-2-10-5/h1-2,8H,3H2,(H,6,7,9). The van der Waals surface area contributed by atoms with Crippen molar-refractivity contribution in [1.82, 2.24) is 4.98 Å². The molecule has 0 saturated carbocycles. The molecule has 2 N–H and O–H groups in total. The number of aliphatic hydroxyl groups excluding tert-OH is 1. The van der Waals surface area contributed by atoms with Crippen LogP contribution in [0, 0.1) is 0 Å². The number of anilines is 1. The van der Waals surface area contributed by atoms with Gasteiger partial charge in [0.05, 0.1) is 0 Å². The van der Waals surface area contributed by atoms with E-state index >= 15 is 0 Å². The van der Waals surface area contributed by atoms with Crippen LogP contribution in [-0.4, -0.2) is 22.6 Å². The second-order valence-corrected chi connectivity index (χ2v) is 2.44. The highest BCUT2D eigenvalue weighted by Gasteiger charge is 1.99. The second-order valence-electron chi connectivity index (χ2n) is 1.54. The summed E-state index contributed by atoms with van der Waals surface area (Å²) >= 11 is 1.31. The summed E-state index contributed by atoms with van der Waals surface area (Å²) in [6, 6.07) is 0. The Morgan fingerprint density at radius 1 is 1.90 bits per heavy atom. The topological polar surface area (TPSA) is 62.2 Å². The van der Waals surface area contributed by atoms with E-state index in [1.807, 2.05) is 0 Å². The second kappa shape index (κ2) is 3.28. The number of rotatable bonds is 2. The summed E-state index contributed by atoms with van der Waals surface area (Å²) in [5.41, 5.74) is 0.